The molecule has 6 heteroatoms. The van der Waals surface area contributed by atoms with Gasteiger partial charge in [-0.3, -0.25) is 14.9 Å². The van der Waals surface area contributed by atoms with Crippen LogP contribution in [-0.4, -0.2) is 10.7 Å². The third-order valence-electron chi connectivity index (χ3n) is 2.48. The number of hydrogen-bond acceptors (Lipinski definition) is 3. The third-order valence-corrected chi connectivity index (χ3v) is 2.48. The first-order valence-electron chi connectivity index (χ1n) is 5.38. The van der Waals surface area contributed by atoms with Crippen LogP contribution in [0.2, 0.25) is 0 Å². The van der Waals surface area contributed by atoms with Crippen LogP contribution in [0.3, 0.4) is 0 Å². The van der Waals surface area contributed by atoms with Gasteiger partial charge in [0, 0.05) is 29.8 Å². The summed E-state index contributed by atoms with van der Waals surface area (Å²) in [5, 5.41) is 10.6. The van der Waals surface area contributed by atoms with Gasteiger partial charge in [0.2, 0.25) is 12.3 Å². The number of nitrogens with zero attached hydrogens (tertiary/aromatic N) is 2. The number of halogens is 1. The minimum Gasteiger partial charge on any atom is -1.00 e. The van der Waals surface area contributed by atoms with Crippen molar-refractivity contribution in [1.29, 1.82) is 0 Å². The topological polar surface area (TPSA) is 64.1 Å². The van der Waals surface area contributed by atoms with E-state index in [1.165, 1.54) is 18.2 Å². The Labute approximate surface area is 127 Å². The lowest BCUT2D eigenvalue weighted by Gasteiger charge is -1.98. The van der Waals surface area contributed by atoms with Crippen LogP contribution >= 0.6 is 0 Å². The number of ketones is 1. The molecule has 1 heterocycles. The average Bonchev–Trinajstić information content (AvgIpc) is 2.40. The fourth-order valence-corrected chi connectivity index (χ4v) is 1.59. The molecule has 0 saturated heterocycles. The van der Waals surface area contributed by atoms with Crippen molar-refractivity contribution >= 4 is 11.5 Å². The lowest BCUT2D eigenvalue weighted by molar-refractivity contribution is -0.683. The van der Waals surface area contributed by atoms with Crippen LogP contribution in [0.25, 0.3) is 0 Å². The van der Waals surface area contributed by atoms with Crippen LogP contribution in [0.1, 0.15) is 10.4 Å². The molecule has 0 bridgehead atoms. The second-order valence-electron chi connectivity index (χ2n) is 3.78. The lowest BCUT2D eigenvalue weighted by Crippen LogP contribution is -3.00. The molecule has 1 aromatic carbocycles. The van der Waals surface area contributed by atoms with Gasteiger partial charge < -0.3 is 24.0 Å². The standard InChI is InChI=1S/C13H11N2O3.HI/c16-13(10-14-7-2-1-3-8-14)11-5-4-6-12(9-11)15(17)18;/h1-9H,10H2;1H/q+1;/p-1. The van der Waals surface area contributed by atoms with E-state index < -0.39 is 4.92 Å². The fourth-order valence-electron chi connectivity index (χ4n) is 1.59. The second-order valence-corrected chi connectivity index (χ2v) is 3.78. The van der Waals surface area contributed by atoms with E-state index in [0.717, 1.165) is 0 Å². The monoisotopic (exact) mass is 370 g/mol. The summed E-state index contributed by atoms with van der Waals surface area (Å²) in [6.45, 7) is 0.169. The van der Waals surface area contributed by atoms with Gasteiger partial charge in [0.1, 0.15) is 0 Å². The highest BCUT2D eigenvalue weighted by Gasteiger charge is 2.14. The van der Waals surface area contributed by atoms with Gasteiger partial charge in [0.25, 0.3) is 5.69 Å². The minimum absolute atomic E-state index is 0. The Kier molecular flexibility index (Phi) is 5.56. The Hall–Kier alpha value is -1.83. The van der Waals surface area contributed by atoms with Crippen molar-refractivity contribution in [2.45, 2.75) is 6.54 Å². The predicted octanol–water partition coefficient (Wildman–Crippen LogP) is -1.23. The summed E-state index contributed by atoms with van der Waals surface area (Å²) in [7, 11) is 0. The van der Waals surface area contributed by atoms with Crippen molar-refractivity contribution in [1.82, 2.24) is 0 Å². The van der Waals surface area contributed by atoms with Gasteiger partial charge >= 0.3 is 0 Å². The highest BCUT2D eigenvalue weighted by molar-refractivity contribution is 5.95. The van der Waals surface area contributed by atoms with Crippen LogP contribution in [0.5, 0.6) is 0 Å². The highest BCUT2D eigenvalue weighted by Crippen LogP contribution is 2.13. The van der Waals surface area contributed by atoms with Gasteiger partial charge in [-0.2, -0.15) is 4.57 Å². The van der Waals surface area contributed by atoms with Crippen molar-refractivity contribution in [2.24, 2.45) is 0 Å². The number of rotatable bonds is 4. The van der Waals surface area contributed by atoms with E-state index in [4.69, 9.17) is 0 Å². The van der Waals surface area contributed by atoms with E-state index in [0.29, 0.717) is 5.56 Å². The number of pyridine rings is 1. The van der Waals surface area contributed by atoms with Crippen LogP contribution in [0.4, 0.5) is 5.69 Å². The molecule has 2 aromatic rings. The molecule has 0 atom stereocenters. The molecule has 0 aliphatic heterocycles. The van der Waals surface area contributed by atoms with Gasteiger partial charge in [0.15, 0.2) is 12.4 Å². The number of nitro benzene ring substituents is 1. The first-order valence-corrected chi connectivity index (χ1v) is 5.38. The number of benzene rings is 1. The number of carbonyl (C=O) groups excluding carboxylic acids is 1. The molecule has 1 aromatic heterocycles. The molecule has 0 saturated carbocycles. The van der Waals surface area contributed by atoms with E-state index in [2.05, 4.69) is 0 Å². The molecule has 19 heavy (non-hydrogen) atoms. The number of hydrogen-bond donors (Lipinski definition) is 0. The molecule has 0 radical (unpaired) electrons. The third kappa shape index (κ3) is 4.09. The van der Waals surface area contributed by atoms with Gasteiger partial charge in [-0.05, 0) is 0 Å². The maximum atomic E-state index is 11.9. The second kappa shape index (κ2) is 6.93. The lowest BCUT2D eigenvalue weighted by atomic mass is 10.1. The van der Waals surface area contributed by atoms with Crippen LogP contribution < -0.4 is 28.5 Å². The Morgan fingerprint density at radius 2 is 1.84 bits per heavy atom. The number of non-ortho nitro benzene ring substituents is 1. The Balaban J connectivity index is 0.00000180. The summed E-state index contributed by atoms with van der Waals surface area (Å²) in [6.07, 6.45) is 3.55. The van der Waals surface area contributed by atoms with Crippen LogP contribution in [-0.2, 0) is 6.54 Å². The largest absolute Gasteiger partial charge is 1.00 e. The van der Waals surface area contributed by atoms with Crippen LogP contribution in [0.15, 0.2) is 54.9 Å². The normalized spacial score (nSPS) is 9.47. The molecular formula is C13H11IN2O3. The molecule has 0 unspecified atom stereocenters. The van der Waals surface area contributed by atoms with Crippen LogP contribution in [0, 0.1) is 10.1 Å². The van der Waals surface area contributed by atoms with Crippen molar-refractivity contribution in [2.75, 3.05) is 0 Å². The van der Waals surface area contributed by atoms with Crippen molar-refractivity contribution in [3.63, 3.8) is 0 Å². The summed E-state index contributed by atoms with van der Waals surface area (Å²) in [6, 6.07) is 11.3. The molecule has 0 amide bonds. The zero-order valence-corrected chi connectivity index (χ0v) is 12.1. The van der Waals surface area contributed by atoms with E-state index in [1.54, 1.807) is 23.0 Å². The summed E-state index contributed by atoms with van der Waals surface area (Å²) in [4.78, 5) is 22.1. The van der Waals surface area contributed by atoms with E-state index in [-0.39, 0.29) is 42.0 Å². The first-order chi connectivity index (χ1) is 8.66. The summed E-state index contributed by atoms with van der Waals surface area (Å²) in [5.41, 5.74) is 0.277. The highest BCUT2D eigenvalue weighted by atomic mass is 127. The first kappa shape index (κ1) is 15.2. The molecule has 98 valence electrons. The average molecular weight is 370 g/mol. The van der Waals surface area contributed by atoms with Crippen molar-refractivity contribution < 1.29 is 38.3 Å². The smallest absolute Gasteiger partial charge is 0.270 e. The molecule has 5 nitrogen and oxygen atoms in total. The molecule has 0 fully saturated rings. The number of Topliss-reactive ketones (excluding diaryl/α,β-unsaturated/α-hetero) is 1. The van der Waals surface area contributed by atoms with E-state index in [1.807, 2.05) is 18.2 Å². The summed E-state index contributed by atoms with van der Waals surface area (Å²) < 4.78 is 1.72. The van der Waals surface area contributed by atoms with Gasteiger partial charge in [-0.15, -0.1) is 0 Å². The molecular weight excluding hydrogens is 359 g/mol. The zero-order chi connectivity index (χ0) is 13.0. The van der Waals surface area contributed by atoms with Crippen molar-refractivity contribution in [3.05, 3.63) is 70.5 Å². The van der Waals surface area contributed by atoms with Gasteiger partial charge in [0.05, 0.1) is 4.92 Å². The number of aromatic nitrogens is 1. The Bertz CT molecular complexity index is 587. The SMILES string of the molecule is O=C(C[n+]1ccccc1)c1cccc([N+](=O)[O-])c1.[I-]. The van der Waals surface area contributed by atoms with Gasteiger partial charge in [-0.1, -0.05) is 18.2 Å². The number of carbonyl (C=O) groups is 1. The molecule has 0 aliphatic rings. The molecule has 0 aliphatic carbocycles. The molecule has 0 spiro atoms. The maximum Gasteiger partial charge on any atom is 0.270 e. The van der Waals surface area contributed by atoms with E-state index >= 15 is 0 Å². The summed E-state index contributed by atoms with van der Waals surface area (Å²) in [5.74, 6) is -0.157. The zero-order valence-electron chi connectivity index (χ0n) is 9.90. The molecule has 0 N–H and O–H groups in total. The van der Waals surface area contributed by atoms with Crippen molar-refractivity contribution in [3.8, 4) is 0 Å². The predicted molar refractivity (Wildman–Crippen MR) is 64.1 cm³/mol. The maximum absolute atomic E-state index is 11.9. The Morgan fingerprint density at radius 3 is 2.47 bits per heavy atom. The quantitative estimate of drug-likeness (QED) is 0.223. The van der Waals surface area contributed by atoms with Gasteiger partial charge in [-0.25, -0.2) is 0 Å². The summed E-state index contributed by atoms with van der Waals surface area (Å²) >= 11 is 0. The Morgan fingerprint density at radius 1 is 1.16 bits per heavy atom. The fraction of sp³-hybridized carbons (Fsp3) is 0.0769. The number of nitro groups is 1. The minimum atomic E-state index is -0.508. The van der Waals surface area contributed by atoms with E-state index in [9.17, 15) is 14.9 Å². The molecule has 2 rings (SSSR count).